The lowest BCUT2D eigenvalue weighted by Gasteiger charge is -2.26. The summed E-state index contributed by atoms with van der Waals surface area (Å²) in [5, 5.41) is 19.0. The van der Waals surface area contributed by atoms with Gasteiger partial charge in [-0.25, -0.2) is 0 Å². The number of nitrogens with zero attached hydrogens (tertiary/aromatic N) is 2. The van der Waals surface area contributed by atoms with Gasteiger partial charge in [-0.05, 0) is 92.0 Å². The van der Waals surface area contributed by atoms with Crippen LogP contribution in [0.5, 0.6) is 17.2 Å². The highest BCUT2D eigenvalue weighted by Crippen LogP contribution is 2.36. The smallest absolute Gasteiger partial charge is 0.253 e. The molecule has 1 aromatic heterocycles. The van der Waals surface area contributed by atoms with E-state index in [-0.39, 0.29) is 5.75 Å². The van der Waals surface area contributed by atoms with Gasteiger partial charge in [0.2, 0.25) is 0 Å². The van der Waals surface area contributed by atoms with Gasteiger partial charge in [0, 0.05) is 36.1 Å². The Hall–Kier alpha value is -3.44. The molecule has 176 valence electrons. The maximum absolute atomic E-state index is 10.1. The first kappa shape index (κ1) is 22.4. The van der Waals surface area contributed by atoms with Crippen molar-refractivity contribution in [3.63, 3.8) is 0 Å². The van der Waals surface area contributed by atoms with Gasteiger partial charge in [-0.1, -0.05) is 18.6 Å². The Morgan fingerprint density at radius 2 is 1.65 bits per heavy atom. The molecule has 0 saturated carbocycles. The summed E-state index contributed by atoms with van der Waals surface area (Å²) < 4.78 is 8.31. The van der Waals surface area contributed by atoms with Gasteiger partial charge in [-0.2, -0.15) is 0 Å². The monoisotopic (exact) mass is 457 g/mol. The van der Waals surface area contributed by atoms with Crippen LogP contribution < -0.4 is 4.74 Å². The van der Waals surface area contributed by atoms with Crippen LogP contribution >= 0.6 is 0 Å². The summed E-state index contributed by atoms with van der Waals surface area (Å²) >= 11 is 0. The number of hydrogen-bond donors (Lipinski definition) is 1. The molecule has 0 amide bonds. The lowest BCUT2D eigenvalue weighted by Crippen LogP contribution is -2.33. The van der Waals surface area contributed by atoms with Crippen LogP contribution in [-0.4, -0.2) is 45.9 Å². The summed E-state index contributed by atoms with van der Waals surface area (Å²) in [6.45, 7) is 6.90. The molecule has 0 bridgehead atoms. The predicted octanol–water partition coefficient (Wildman–Crippen LogP) is 5.67. The number of ether oxygens (including phenoxy) is 1. The number of benzene rings is 3. The Bertz CT molecular complexity index is 1250. The first-order valence-electron chi connectivity index (χ1n) is 12.2. The van der Waals surface area contributed by atoms with Crippen LogP contribution in [0.25, 0.3) is 22.2 Å². The van der Waals surface area contributed by atoms with Crippen molar-refractivity contribution in [1.82, 2.24) is 9.47 Å². The molecular formula is C29H33N2O3+. The lowest BCUT2D eigenvalue weighted by molar-refractivity contribution is 0.183. The van der Waals surface area contributed by atoms with Crippen LogP contribution in [0.4, 0.5) is 0 Å². The average Bonchev–Trinajstić information content (AvgIpc) is 3.12. The zero-order chi connectivity index (χ0) is 23.5. The Morgan fingerprint density at radius 3 is 2.38 bits per heavy atom. The highest BCUT2D eigenvalue weighted by Gasteiger charge is 2.17. The van der Waals surface area contributed by atoms with Gasteiger partial charge in [-0.3, -0.25) is 4.90 Å². The average molecular weight is 458 g/mol. The molecule has 1 aliphatic heterocycles. The maximum atomic E-state index is 10.1. The molecule has 5 rings (SSSR count). The van der Waals surface area contributed by atoms with Gasteiger partial charge in [0.1, 0.15) is 18.1 Å². The fraction of sp³-hybridized carbons (Fsp3) is 0.310. The molecule has 1 fully saturated rings. The zero-order valence-electron chi connectivity index (χ0n) is 19.8. The number of aromatic nitrogens is 1. The van der Waals surface area contributed by atoms with Crippen LogP contribution in [0.2, 0.25) is 0 Å². The number of piperidine rings is 1. The van der Waals surface area contributed by atoms with Gasteiger partial charge in [0.05, 0.1) is 5.69 Å². The van der Waals surface area contributed by atoms with Crippen LogP contribution in [-0.2, 0) is 6.54 Å². The Labute approximate surface area is 200 Å². The third-order valence-electron chi connectivity index (χ3n) is 6.85. The van der Waals surface area contributed by atoms with Crippen molar-refractivity contribution in [2.24, 2.45) is 0 Å². The third kappa shape index (κ3) is 4.75. The van der Waals surface area contributed by atoms with Crippen molar-refractivity contribution >= 4 is 10.9 Å². The van der Waals surface area contributed by atoms with Crippen LogP contribution in [0.15, 0.2) is 66.7 Å². The highest BCUT2D eigenvalue weighted by atomic mass is 16.5. The van der Waals surface area contributed by atoms with Crippen molar-refractivity contribution < 1.29 is 14.9 Å². The minimum Gasteiger partial charge on any atom is -0.593 e. The van der Waals surface area contributed by atoms with Crippen LogP contribution in [0, 0.1) is 6.92 Å². The molecule has 5 nitrogen and oxygen atoms in total. The molecule has 5 heteroatoms. The molecule has 2 heterocycles. The van der Waals surface area contributed by atoms with E-state index in [0.717, 1.165) is 46.6 Å². The number of fused-ring (bicyclic) bond motifs is 1. The molecule has 0 radical (unpaired) electrons. The lowest BCUT2D eigenvalue weighted by atomic mass is 10.1. The molecule has 34 heavy (non-hydrogen) atoms. The van der Waals surface area contributed by atoms with E-state index in [4.69, 9.17) is 9.84 Å². The summed E-state index contributed by atoms with van der Waals surface area (Å²) in [4.78, 5) is 2.49. The number of phenolic OH excluding ortho intramolecular Hbond substituents is 1. The van der Waals surface area contributed by atoms with Crippen molar-refractivity contribution in [3.8, 4) is 28.5 Å². The number of rotatable bonds is 7. The SMILES string of the molecule is Cc1c(-c2ccc([OH2+])cc2)n(Cc2ccc(OCCN3CCCCC3)cc2)c2ccc(O)cc12. The Kier molecular flexibility index (Phi) is 6.45. The molecule has 1 aliphatic rings. The molecule has 1 saturated heterocycles. The molecule has 0 spiro atoms. The summed E-state index contributed by atoms with van der Waals surface area (Å²) in [5.41, 5.74) is 5.58. The van der Waals surface area contributed by atoms with Gasteiger partial charge >= 0.3 is 0 Å². The second-order valence-corrected chi connectivity index (χ2v) is 9.23. The van der Waals surface area contributed by atoms with Crippen molar-refractivity contribution in [3.05, 3.63) is 77.9 Å². The Balaban J connectivity index is 1.37. The van der Waals surface area contributed by atoms with Gasteiger partial charge in [0.25, 0.3) is 5.75 Å². The molecule has 3 aromatic carbocycles. The first-order chi connectivity index (χ1) is 16.6. The topological polar surface area (TPSA) is 60.5 Å². The predicted molar refractivity (Wildman–Crippen MR) is 138 cm³/mol. The highest BCUT2D eigenvalue weighted by molar-refractivity contribution is 5.92. The summed E-state index contributed by atoms with van der Waals surface area (Å²) in [6.07, 6.45) is 3.96. The second kappa shape index (κ2) is 9.82. The number of phenols is 1. The van der Waals surface area contributed by atoms with Crippen LogP contribution in [0.3, 0.4) is 0 Å². The first-order valence-corrected chi connectivity index (χ1v) is 12.2. The van der Waals surface area contributed by atoms with E-state index >= 15 is 0 Å². The summed E-state index contributed by atoms with van der Waals surface area (Å²) in [5.74, 6) is 1.68. The van der Waals surface area contributed by atoms with Crippen molar-refractivity contribution in [1.29, 1.82) is 0 Å². The Morgan fingerprint density at radius 1 is 0.912 bits per heavy atom. The molecule has 0 atom stereocenters. The molecule has 0 unspecified atom stereocenters. The number of aryl methyl sites for hydroxylation is 1. The van der Waals surface area contributed by atoms with E-state index in [1.807, 2.05) is 36.4 Å². The van der Waals surface area contributed by atoms with Crippen LogP contribution in [0.1, 0.15) is 30.4 Å². The molecular weight excluding hydrogens is 424 g/mol. The largest absolute Gasteiger partial charge is 0.593 e. The maximum Gasteiger partial charge on any atom is 0.253 e. The van der Waals surface area contributed by atoms with E-state index in [1.165, 1.54) is 37.9 Å². The number of aromatic hydroxyl groups is 1. The van der Waals surface area contributed by atoms with E-state index < -0.39 is 0 Å². The fourth-order valence-electron chi connectivity index (χ4n) is 5.02. The van der Waals surface area contributed by atoms with Gasteiger partial charge in [-0.15, -0.1) is 0 Å². The standard InChI is InChI=1S/C29H32N2O3/c1-21-27-19-25(33)11-14-28(27)31(29(21)23-7-9-24(32)10-8-23)20-22-5-12-26(13-6-22)34-18-17-30-15-3-2-4-16-30/h5-14,19,32-33H,2-4,15-18,20H2,1H3/p+1. The zero-order valence-corrected chi connectivity index (χ0v) is 19.8. The van der Waals surface area contributed by atoms with Crippen molar-refractivity contribution in [2.45, 2.75) is 32.7 Å². The molecule has 0 aliphatic carbocycles. The van der Waals surface area contributed by atoms with Gasteiger partial charge in [0.15, 0.2) is 0 Å². The van der Waals surface area contributed by atoms with Crippen molar-refractivity contribution in [2.75, 3.05) is 26.2 Å². The molecule has 3 N–H and O–H groups in total. The van der Waals surface area contributed by atoms with E-state index in [9.17, 15) is 5.11 Å². The van der Waals surface area contributed by atoms with Gasteiger partial charge < -0.3 is 19.5 Å². The molecule has 4 aromatic rings. The number of hydrogen-bond acceptors (Lipinski definition) is 3. The second-order valence-electron chi connectivity index (χ2n) is 9.23. The van der Waals surface area contributed by atoms with E-state index in [0.29, 0.717) is 12.3 Å². The minimum absolute atomic E-state index is 0.270. The minimum atomic E-state index is 0.270. The summed E-state index contributed by atoms with van der Waals surface area (Å²) in [7, 11) is 0. The van der Waals surface area contributed by atoms with E-state index in [1.54, 1.807) is 6.07 Å². The van der Waals surface area contributed by atoms with E-state index in [2.05, 4.69) is 40.7 Å². The third-order valence-corrected chi connectivity index (χ3v) is 6.85. The summed E-state index contributed by atoms with van der Waals surface area (Å²) in [6, 6.07) is 21.6. The fourth-order valence-corrected chi connectivity index (χ4v) is 5.02. The number of likely N-dealkylation sites (tertiary alicyclic amines) is 1. The normalized spacial score (nSPS) is 14.5. The quantitative estimate of drug-likeness (QED) is 0.364.